The Kier molecular flexibility index (Phi) is 3.83. The summed E-state index contributed by atoms with van der Waals surface area (Å²) in [5, 5.41) is 22.1. The molecular weight excluding hydrogens is 242 g/mol. The predicted molar refractivity (Wildman–Crippen MR) is 60.0 cm³/mol. The first-order chi connectivity index (χ1) is 8.54. The van der Waals surface area contributed by atoms with Crippen LogP contribution >= 0.6 is 0 Å². The van der Waals surface area contributed by atoms with E-state index in [1.807, 2.05) is 0 Å². The van der Waals surface area contributed by atoms with Crippen molar-refractivity contribution in [2.45, 2.75) is 30.7 Å². The summed E-state index contributed by atoms with van der Waals surface area (Å²) in [6, 6.07) is -0.487. The zero-order valence-electron chi connectivity index (χ0n) is 9.89. The Morgan fingerprint density at radius 1 is 1.56 bits per heavy atom. The van der Waals surface area contributed by atoms with E-state index in [4.69, 9.17) is 15.2 Å². The first kappa shape index (κ1) is 13.2. The largest absolute Gasteiger partial charge is 0.387 e. The Morgan fingerprint density at radius 3 is 2.89 bits per heavy atom. The maximum Gasteiger partial charge on any atom is 0.325 e. The van der Waals surface area contributed by atoms with Crippen molar-refractivity contribution in [2.75, 3.05) is 13.7 Å². The highest BCUT2D eigenvalue weighted by Gasteiger charge is 2.46. The van der Waals surface area contributed by atoms with Crippen LogP contribution in [0.3, 0.4) is 0 Å². The number of carbonyl (C=O) groups excluding carboxylic acids is 1. The maximum atomic E-state index is 11.7. The van der Waals surface area contributed by atoms with E-state index in [1.54, 1.807) is 6.08 Å². The van der Waals surface area contributed by atoms with Crippen LogP contribution in [0, 0.1) is 0 Å². The van der Waals surface area contributed by atoms with Gasteiger partial charge in [0.1, 0.15) is 18.3 Å². The first-order valence-electron chi connectivity index (χ1n) is 5.58. The number of carbonyl (C=O) groups is 1. The summed E-state index contributed by atoms with van der Waals surface area (Å²) in [7, 11) is 1.46. The van der Waals surface area contributed by atoms with E-state index in [0.717, 1.165) is 4.90 Å². The van der Waals surface area contributed by atoms with Gasteiger partial charge < -0.3 is 30.7 Å². The maximum absolute atomic E-state index is 11.7. The third-order valence-corrected chi connectivity index (χ3v) is 2.92. The van der Waals surface area contributed by atoms with Crippen LogP contribution in [0.25, 0.3) is 0 Å². The van der Waals surface area contributed by atoms with E-state index < -0.39 is 36.7 Å². The summed E-state index contributed by atoms with van der Waals surface area (Å²) in [5.74, 6) is 0. The van der Waals surface area contributed by atoms with Gasteiger partial charge in [0.15, 0.2) is 6.23 Å². The van der Waals surface area contributed by atoms with Crippen LogP contribution in [0.15, 0.2) is 12.3 Å². The Hall–Kier alpha value is -1.19. The van der Waals surface area contributed by atoms with Crippen LogP contribution in [0.4, 0.5) is 4.79 Å². The molecule has 4 unspecified atom stereocenters. The molecular formula is C10H17N3O5. The average molecular weight is 259 g/mol. The van der Waals surface area contributed by atoms with E-state index in [0.29, 0.717) is 0 Å². The van der Waals surface area contributed by atoms with E-state index in [-0.39, 0.29) is 6.61 Å². The second kappa shape index (κ2) is 5.21. The second-order valence-electron chi connectivity index (χ2n) is 4.23. The van der Waals surface area contributed by atoms with Gasteiger partial charge in [-0.05, 0) is 6.08 Å². The number of urea groups is 1. The first-order valence-corrected chi connectivity index (χ1v) is 5.58. The van der Waals surface area contributed by atoms with Crippen molar-refractivity contribution in [3.8, 4) is 0 Å². The lowest BCUT2D eigenvalue weighted by Crippen LogP contribution is -2.55. The summed E-state index contributed by atoms with van der Waals surface area (Å²) in [5.41, 5.74) is 5.50. The van der Waals surface area contributed by atoms with Gasteiger partial charge in [-0.25, -0.2) is 4.79 Å². The standard InChI is InChI=1S/C10H17N3O5/c1-17-4-5-7(14)8(15)9(18-5)13-3-2-6(11)12-10(13)16/h2-3,5-9,14-15H,4,11H2,1H3,(H,12,16)/t5?,6?,7-,8?,9?/m0/s1. The molecule has 2 aliphatic heterocycles. The van der Waals surface area contributed by atoms with E-state index in [1.165, 1.54) is 13.3 Å². The fourth-order valence-electron chi connectivity index (χ4n) is 1.98. The number of nitrogens with two attached hydrogens (primary N) is 1. The van der Waals surface area contributed by atoms with Gasteiger partial charge in [0.05, 0.1) is 12.8 Å². The van der Waals surface area contributed by atoms with Crippen molar-refractivity contribution in [3.63, 3.8) is 0 Å². The Balaban J connectivity index is 2.09. The van der Waals surface area contributed by atoms with Gasteiger partial charge in [-0.1, -0.05) is 0 Å². The third kappa shape index (κ3) is 2.33. The minimum atomic E-state index is -1.20. The van der Waals surface area contributed by atoms with Crippen molar-refractivity contribution >= 4 is 6.03 Å². The Morgan fingerprint density at radius 2 is 2.28 bits per heavy atom. The highest BCUT2D eigenvalue weighted by atomic mass is 16.6. The van der Waals surface area contributed by atoms with Crippen LogP contribution in [0.5, 0.6) is 0 Å². The molecule has 0 aliphatic carbocycles. The normalized spacial score (nSPS) is 40.1. The number of hydrogen-bond donors (Lipinski definition) is 4. The predicted octanol–water partition coefficient (Wildman–Crippen LogP) is -2.10. The Labute approximate surface area is 104 Å². The molecule has 5 atom stereocenters. The fourth-order valence-corrected chi connectivity index (χ4v) is 1.98. The molecule has 2 rings (SSSR count). The number of aliphatic hydroxyl groups is 2. The zero-order valence-corrected chi connectivity index (χ0v) is 9.89. The fraction of sp³-hybridized carbons (Fsp3) is 0.700. The molecule has 1 fully saturated rings. The monoisotopic (exact) mass is 259 g/mol. The second-order valence-corrected chi connectivity index (χ2v) is 4.23. The van der Waals surface area contributed by atoms with E-state index >= 15 is 0 Å². The molecule has 0 bridgehead atoms. The van der Waals surface area contributed by atoms with Crippen molar-refractivity contribution in [3.05, 3.63) is 12.3 Å². The lowest BCUT2D eigenvalue weighted by Gasteiger charge is -2.31. The number of nitrogens with one attached hydrogen (secondary N) is 1. The van der Waals surface area contributed by atoms with Crippen LogP contribution in [0.2, 0.25) is 0 Å². The van der Waals surface area contributed by atoms with Gasteiger partial charge in [0.2, 0.25) is 0 Å². The van der Waals surface area contributed by atoms with Crippen molar-refractivity contribution in [1.82, 2.24) is 10.2 Å². The topological polar surface area (TPSA) is 117 Å². The molecule has 0 radical (unpaired) electrons. The smallest absolute Gasteiger partial charge is 0.325 e. The quantitative estimate of drug-likeness (QED) is 0.461. The molecule has 2 aliphatic rings. The highest BCUT2D eigenvalue weighted by Crippen LogP contribution is 2.25. The minimum absolute atomic E-state index is 0.132. The van der Waals surface area contributed by atoms with Crippen LogP contribution in [-0.2, 0) is 9.47 Å². The number of hydrogen-bond acceptors (Lipinski definition) is 6. The molecule has 2 heterocycles. The number of ether oxygens (including phenoxy) is 2. The third-order valence-electron chi connectivity index (χ3n) is 2.92. The van der Waals surface area contributed by atoms with Gasteiger partial charge >= 0.3 is 6.03 Å². The molecule has 8 heteroatoms. The highest BCUT2D eigenvalue weighted by molar-refractivity contribution is 5.77. The van der Waals surface area contributed by atoms with Crippen LogP contribution in [0.1, 0.15) is 0 Å². The average Bonchev–Trinajstić information content (AvgIpc) is 2.58. The molecule has 0 aromatic heterocycles. The summed E-state index contributed by atoms with van der Waals surface area (Å²) in [6.45, 7) is 0.132. The molecule has 8 nitrogen and oxygen atoms in total. The van der Waals surface area contributed by atoms with Gasteiger partial charge in [-0.3, -0.25) is 4.90 Å². The molecule has 1 saturated heterocycles. The van der Waals surface area contributed by atoms with Gasteiger partial charge in [-0.2, -0.15) is 0 Å². The van der Waals surface area contributed by atoms with Crippen LogP contribution in [-0.4, -0.2) is 65.6 Å². The van der Waals surface area contributed by atoms with Crippen LogP contribution < -0.4 is 11.1 Å². The number of methoxy groups -OCH3 is 1. The SMILES string of the molecule is COCC1OC(N2C=CC(N)NC2=O)C(O)[C@H]1O. The number of aliphatic hydroxyl groups excluding tert-OH is 2. The number of rotatable bonds is 3. The minimum Gasteiger partial charge on any atom is -0.387 e. The van der Waals surface area contributed by atoms with Crippen molar-refractivity contribution < 1.29 is 24.5 Å². The van der Waals surface area contributed by atoms with Crippen molar-refractivity contribution in [2.24, 2.45) is 5.73 Å². The van der Waals surface area contributed by atoms with Gasteiger partial charge in [0.25, 0.3) is 0 Å². The van der Waals surface area contributed by atoms with E-state index in [9.17, 15) is 15.0 Å². The van der Waals surface area contributed by atoms with Crippen molar-refractivity contribution in [1.29, 1.82) is 0 Å². The molecule has 18 heavy (non-hydrogen) atoms. The summed E-state index contributed by atoms with van der Waals surface area (Å²) >= 11 is 0. The molecule has 0 saturated carbocycles. The van der Waals surface area contributed by atoms with E-state index in [2.05, 4.69) is 5.32 Å². The Bertz CT molecular complexity index is 350. The molecule has 0 aromatic rings. The number of nitrogens with zero attached hydrogens (tertiary/aromatic N) is 1. The summed E-state index contributed by atoms with van der Waals surface area (Å²) in [6.07, 6.45) is -1.52. The van der Waals surface area contributed by atoms with Gasteiger partial charge in [-0.15, -0.1) is 0 Å². The van der Waals surface area contributed by atoms with Gasteiger partial charge in [0, 0.05) is 13.3 Å². The lowest BCUT2D eigenvalue weighted by molar-refractivity contribution is -0.0710. The molecule has 2 amide bonds. The zero-order chi connectivity index (χ0) is 13.3. The summed E-state index contributed by atoms with van der Waals surface area (Å²) < 4.78 is 10.3. The molecule has 0 aromatic carbocycles. The number of amides is 2. The molecule has 0 spiro atoms. The lowest BCUT2D eigenvalue weighted by atomic mass is 10.1. The summed E-state index contributed by atoms with van der Waals surface area (Å²) in [4.78, 5) is 12.8. The molecule has 102 valence electrons. The molecule has 5 N–H and O–H groups in total.